The maximum Gasteiger partial charge on any atom is 0.288 e. The minimum atomic E-state index is -2.81. The van der Waals surface area contributed by atoms with E-state index in [4.69, 9.17) is 5.73 Å². The lowest BCUT2D eigenvalue weighted by Crippen LogP contribution is -2.18. The Morgan fingerprint density at radius 2 is 2.27 bits per heavy atom. The van der Waals surface area contributed by atoms with Crippen LogP contribution in [0.5, 0.6) is 0 Å². The predicted octanol–water partition coefficient (Wildman–Crippen LogP) is 1.46. The highest BCUT2D eigenvalue weighted by Gasteiger charge is 2.30. The van der Waals surface area contributed by atoms with Crippen molar-refractivity contribution in [3.05, 3.63) is 24.0 Å². The molecule has 0 aliphatic carbocycles. The van der Waals surface area contributed by atoms with Crippen molar-refractivity contribution in [2.45, 2.75) is 12.3 Å². The van der Waals surface area contributed by atoms with Crippen molar-refractivity contribution < 1.29 is 8.78 Å². The van der Waals surface area contributed by atoms with Crippen molar-refractivity contribution in [1.29, 1.82) is 0 Å². The van der Waals surface area contributed by atoms with Crippen LogP contribution in [0, 0.1) is 0 Å². The molecule has 0 saturated heterocycles. The topological polar surface area (TPSA) is 41.8 Å². The number of hydrogen-bond donors (Lipinski definition) is 2. The molecule has 0 bridgehead atoms. The normalized spacial score (nSPS) is 11.9. The van der Waals surface area contributed by atoms with Crippen LogP contribution >= 0.6 is 0 Å². The predicted molar refractivity (Wildman–Crippen MR) is 38.4 cm³/mol. The summed E-state index contributed by atoms with van der Waals surface area (Å²) < 4.78 is 25.8. The van der Waals surface area contributed by atoms with Crippen molar-refractivity contribution in [3.63, 3.8) is 0 Å². The molecule has 62 valence electrons. The number of aromatic amines is 1. The van der Waals surface area contributed by atoms with Crippen molar-refractivity contribution in [1.82, 2.24) is 4.98 Å². The van der Waals surface area contributed by atoms with Gasteiger partial charge in [-0.2, -0.15) is 8.78 Å². The smallest absolute Gasteiger partial charge is 0.288 e. The highest BCUT2D eigenvalue weighted by atomic mass is 19.3. The first-order chi connectivity index (χ1) is 5.17. The molecule has 11 heavy (non-hydrogen) atoms. The highest BCUT2D eigenvalue weighted by molar-refractivity contribution is 5.10. The first-order valence-corrected chi connectivity index (χ1v) is 3.38. The molecule has 1 aromatic rings. The molecule has 1 rings (SSSR count). The van der Waals surface area contributed by atoms with E-state index in [0.29, 0.717) is 0 Å². The van der Waals surface area contributed by atoms with Crippen molar-refractivity contribution in [2.75, 3.05) is 6.54 Å². The van der Waals surface area contributed by atoms with E-state index in [0.717, 1.165) is 0 Å². The summed E-state index contributed by atoms with van der Waals surface area (Å²) in [5.74, 6) is -2.81. The minimum absolute atomic E-state index is 0.00792. The third kappa shape index (κ3) is 1.77. The summed E-state index contributed by atoms with van der Waals surface area (Å²) in [4.78, 5) is 2.46. The zero-order chi connectivity index (χ0) is 8.32. The maximum atomic E-state index is 12.9. The third-order valence-electron chi connectivity index (χ3n) is 1.45. The molecule has 0 saturated carbocycles. The minimum Gasteiger partial charge on any atom is -0.360 e. The standard InChI is InChI=1S/C7H10F2N2/c8-7(9,3-4-10)6-2-1-5-11-6/h1-2,5,11H,3-4,10H2. The van der Waals surface area contributed by atoms with Crippen LogP contribution < -0.4 is 5.73 Å². The van der Waals surface area contributed by atoms with Gasteiger partial charge in [-0.05, 0) is 18.7 Å². The summed E-state index contributed by atoms with van der Waals surface area (Å²) in [6, 6.07) is 2.90. The molecule has 4 heteroatoms. The van der Waals surface area contributed by atoms with E-state index in [1.165, 1.54) is 12.3 Å². The molecule has 0 atom stereocenters. The zero-order valence-electron chi connectivity index (χ0n) is 5.98. The van der Waals surface area contributed by atoms with Crippen LogP contribution in [0.25, 0.3) is 0 Å². The van der Waals surface area contributed by atoms with Crippen LogP contribution in [0.3, 0.4) is 0 Å². The van der Waals surface area contributed by atoms with Gasteiger partial charge in [0.15, 0.2) is 0 Å². The average molecular weight is 160 g/mol. The third-order valence-corrected chi connectivity index (χ3v) is 1.45. The van der Waals surface area contributed by atoms with Gasteiger partial charge >= 0.3 is 0 Å². The number of alkyl halides is 2. The molecule has 2 nitrogen and oxygen atoms in total. The molecule has 3 N–H and O–H groups in total. The highest BCUT2D eigenvalue weighted by Crippen LogP contribution is 2.29. The lowest BCUT2D eigenvalue weighted by molar-refractivity contribution is -0.0146. The lowest BCUT2D eigenvalue weighted by Gasteiger charge is -2.12. The van der Waals surface area contributed by atoms with Gasteiger partial charge < -0.3 is 10.7 Å². The molecule has 0 aliphatic rings. The SMILES string of the molecule is NCCC(F)(F)c1ccc[nH]1. The summed E-state index contributed by atoms with van der Waals surface area (Å²) in [5, 5.41) is 0. The molecule has 0 aliphatic heterocycles. The van der Waals surface area contributed by atoms with Gasteiger partial charge in [0.2, 0.25) is 0 Å². The Morgan fingerprint density at radius 1 is 1.55 bits per heavy atom. The molecule has 0 amide bonds. The Kier molecular flexibility index (Phi) is 2.24. The Morgan fingerprint density at radius 3 is 2.73 bits per heavy atom. The van der Waals surface area contributed by atoms with Crippen LogP contribution in [0.4, 0.5) is 8.78 Å². The van der Waals surface area contributed by atoms with E-state index in [1.807, 2.05) is 0 Å². The van der Waals surface area contributed by atoms with Gasteiger partial charge in [-0.3, -0.25) is 0 Å². The van der Waals surface area contributed by atoms with Crippen LogP contribution in [0.2, 0.25) is 0 Å². The van der Waals surface area contributed by atoms with Gasteiger partial charge in [-0.1, -0.05) is 0 Å². The number of aromatic nitrogens is 1. The van der Waals surface area contributed by atoms with E-state index in [1.54, 1.807) is 6.07 Å². The van der Waals surface area contributed by atoms with Gasteiger partial charge in [-0.25, -0.2) is 0 Å². The Bertz CT molecular complexity index is 206. The van der Waals surface area contributed by atoms with Crippen LogP contribution in [0.1, 0.15) is 12.1 Å². The first kappa shape index (κ1) is 8.20. The molecule has 1 heterocycles. The van der Waals surface area contributed by atoms with Gasteiger partial charge in [0, 0.05) is 12.6 Å². The van der Waals surface area contributed by atoms with E-state index in [-0.39, 0.29) is 18.7 Å². The number of nitrogens with one attached hydrogen (secondary N) is 1. The fraction of sp³-hybridized carbons (Fsp3) is 0.429. The van der Waals surface area contributed by atoms with E-state index in [9.17, 15) is 8.78 Å². The fourth-order valence-corrected chi connectivity index (χ4v) is 0.874. The Balaban J connectivity index is 2.73. The summed E-state index contributed by atoms with van der Waals surface area (Å²) in [5.41, 5.74) is 4.96. The fourth-order valence-electron chi connectivity index (χ4n) is 0.874. The second-order valence-electron chi connectivity index (χ2n) is 2.33. The molecule has 0 fully saturated rings. The van der Waals surface area contributed by atoms with Crippen LogP contribution in [0.15, 0.2) is 18.3 Å². The summed E-state index contributed by atoms with van der Waals surface area (Å²) in [6.45, 7) is -0.00792. The van der Waals surface area contributed by atoms with Crippen molar-refractivity contribution in [3.8, 4) is 0 Å². The number of nitrogens with two attached hydrogens (primary N) is 1. The van der Waals surface area contributed by atoms with E-state index < -0.39 is 5.92 Å². The first-order valence-electron chi connectivity index (χ1n) is 3.38. The molecule has 0 radical (unpaired) electrons. The molecule has 0 spiro atoms. The van der Waals surface area contributed by atoms with Crippen molar-refractivity contribution in [2.24, 2.45) is 5.73 Å². The molecule has 0 unspecified atom stereocenters. The Hall–Kier alpha value is -0.900. The second kappa shape index (κ2) is 3.00. The molecular formula is C7H10F2N2. The second-order valence-corrected chi connectivity index (χ2v) is 2.33. The van der Waals surface area contributed by atoms with Crippen LogP contribution in [-0.2, 0) is 5.92 Å². The van der Waals surface area contributed by atoms with Gasteiger partial charge in [0.05, 0.1) is 5.69 Å². The summed E-state index contributed by atoms with van der Waals surface area (Å²) in [6.07, 6.45) is 1.16. The van der Waals surface area contributed by atoms with E-state index in [2.05, 4.69) is 4.98 Å². The number of rotatable bonds is 3. The largest absolute Gasteiger partial charge is 0.360 e. The van der Waals surface area contributed by atoms with E-state index >= 15 is 0 Å². The average Bonchev–Trinajstić information content (AvgIpc) is 2.37. The molecule has 0 aromatic carbocycles. The monoisotopic (exact) mass is 160 g/mol. The van der Waals surface area contributed by atoms with Gasteiger partial charge in [0.1, 0.15) is 0 Å². The quantitative estimate of drug-likeness (QED) is 0.690. The van der Waals surface area contributed by atoms with Gasteiger partial charge in [-0.15, -0.1) is 0 Å². The maximum absolute atomic E-state index is 12.9. The lowest BCUT2D eigenvalue weighted by atomic mass is 10.2. The van der Waals surface area contributed by atoms with Crippen LogP contribution in [-0.4, -0.2) is 11.5 Å². The summed E-state index contributed by atoms with van der Waals surface area (Å²) in [7, 11) is 0. The number of H-pyrrole nitrogens is 1. The zero-order valence-corrected chi connectivity index (χ0v) is 5.98. The number of halogens is 2. The van der Waals surface area contributed by atoms with Crippen molar-refractivity contribution >= 4 is 0 Å². The molecule has 1 aromatic heterocycles. The number of hydrogen-bond acceptors (Lipinski definition) is 1. The summed E-state index contributed by atoms with van der Waals surface area (Å²) >= 11 is 0. The Labute approximate surface area is 63.4 Å². The van der Waals surface area contributed by atoms with Gasteiger partial charge in [0.25, 0.3) is 5.92 Å². The molecular weight excluding hydrogens is 150 g/mol.